The molecule has 2 aliphatic rings. The maximum absolute atomic E-state index is 13.1. The summed E-state index contributed by atoms with van der Waals surface area (Å²) in [6, 6.07) is 9.84. The Morgan fingerprint density at radius 2 is 1.60 bits per heavy atom. The maximum atomic E-state index is 13.1. The van der Waals surface area contributed by atoms with Crippen LogP contribution in [0.5, 0.6) is 0 Å². The molecule has 30 heavy (non-hydrogen) atoms. The van der Waals surface area contributed by atoms with E-state index in [1.54, 1.807) is 12.1 Å². The molecule has 9 heteroatoms. The number of nitrogens with one attached hydrogen (secondary N) is 1. The highest BCUT2D eigenvalue weighted by atomic mass is 19.4. The number of anilines is 2. The Bertz CT molecular complexity index is 953. The highest BCUT2D eigenvalue weighted by Crippen LogP contribution is 2.32. The summed E-state index contributed by atoms with van der Waals surface area (Å²) in [5, 5.41) is 0. The van der Waals surface area contributed by atoms with Crippen LogP contribution < -0.4 is 14.7 Å². The Balaban J connectivity index is 1.45. The lowest BCUT2D eigenvalue weighted by Crippen LogP contribution is -3.19. The molecular weight excluding hydrogens is 402 g/mol. The molecule has 0 spiro atoms. The molecule has 0 aliphatic carbocycles. The van der Waals surface area contributed by atoms with E-state index in [4.69, 9.17) is 0 Å². The molecular formula is C21H20F4N3O2+. The van der Waals surface area contributed by atoms with Gasteiger partial charge in [0.15, 0.2) is 6.04 Å². The third-order valence-electron chi connectivity index (χ3n) is 5.67. The monoisotopic (exact) mass is 422 g/mol. The SMILES string of the molecule is O=C1C[C@@H]([NH+]2CCN(c3ccc(F)cc3)CC2)C(=O)N1c1cccc(C(F)(F)F)c1. The Kier molecular flexibility index (Phi) is 5.23. The first-order chi connectivity index (χ1) is 14.2. The summed E-state index contributed by atoms with van der Waals surface area (Å²) in [5.74, 6) is -1.27. The molecule has 5 nitrogen and oxygen atoms in total. The summed E-state index contributed by atoms with van der Waals surface area (Å²) in [6.07, 6.45) is -4.58. The molecule has 2 amide bonds. The normalized spacial score (nSPS) is 20.9. The molecule has 0 bridgehead atoms. The summed E-state index contributed by atoms with van der Waals surface area (Å²) in [6.45, 7) is 2.44. The van der Waals surface area contributed by atoms with Crippen LogP contribution in [0, 0.1) is 5.82 Å². The molecule has 4 rings (SSSR count). The minimum atomic E-state index is -4.55. The molecule has 2 fully saturated rings. The number of rotatable bonds is 3. The van der Waals surface area contributed by atoms with Crippen molar-refractivity contribution in [2.75, 3.05) is 36.0 Å². The predicted octanol–water partition coefficient (Wildman–Crippen LogP) is 1.88. The lowest BCUT2D eigenvalue weighted by molar-refractivity contribution is -0.915. The molecule has 2 saturated heterocycles. The molecule has 0 saturated carbocycles. The van der Waals surface area contributed by atoms with E-state index in [0.29, 0.717) is 26.2 Å². The number of hydrogen-bond donors (Lipinski definition) is 1. The zero-order valence-electron chi connectivity index (χ0n) is 16.0. The Morgan fingerprint density at radius 3 is 2.23 bits per heavy atom. The molecule has 0 aromatic heterocycles. The lowest BCUT2D eigenvalue weighted by Gasteiger charge is -2.35. The van der Waals surface area contributed by atoms with E-state index in [1.807, 2.05) is 0 Å². The van der Waals surface area contributed by atoms with Crippen LogP contribution in [0.25, 0.3) is 0 Å². The van der Waals surface area contributed by atoms with E-state index in [-0.39, 0.29) is 17.9 Å². The molecule has 0 unspecified atom stereocenters. The average Bonchev–Trinajstić information content (AvgIpc) is 3.02. The van der Waals surface area contributed by atoms with Crippen LogP contribution in [0.4, 0.5) is 28.9 Å². The van der Waals surface area contributed by atoms with Crippen LogP contribution in [0.3, 0.4) is 0 Å². The molecule has 2 aromatic rings. The van der Waals surface area contributed by atoms with Crippen molar-refractivity contribution in [2.45, 2.75) is 18.6 Å². The summed E-state index contributed by atoms with van der Waals surface area (Å²) < 4.78 is 52.1. The van der Waals surface area contributed by atoms with E-state index in [2.05, 4.69) is 4.90 Å². The largest absolute Gasteiger partial charge is 0.416 e. The minimum absolute atomic E-state index is 0.0268. The molecule has 1 N–H and O–H groups in total. The second-order valence-corrected chi connectivity index (χ2v) is 7.49. The van der Waals surface area contributed by atoms with Gasteiger partial charge in [-0.15, -0.1) is 0 Å². The van der Waals surface area contributed by atoms with Gasteiger partial charge in [-0.2, -0.15) is 13.2 Å². The number of benzene rings is 2. The van der Waals surface area contributed by atoms with Crippen molar-refractivity contribution in [3.8, 4) is 0 Å². The van der Waals surface area contributed by atoms with Gasteiger partial charge < -0.3 is 9.80 Å². The maximum Gasteiger partial charge on any atom is 0.416 e. The summed E-state index contributed by atoms with van der Waals surface area (Å²) in [4.78, 5) is 29.3. The summed E-state index contributed by atoms with van der Waals surface area (Å²) in [7, 11) is 0. The van der Waals surface area contributed by atoms with Gasteiger partial charge in [0.1, 0.15) is 5.82 Å². The fourth-order valence-corrected chi connectivity index (χ4v) is 4.10. The second-order valence-electron chi connectivity index (χ2n) is 7.49. The van der Waals surface area contributed by atoms with Crippen molar-refractivity contribution in [1.82, 2.24) is 0 Å². The zero-order valence-corrected chi connectivity index (χ0v) is 16.0. The number of amides is 2. The number of quaternary nitrogens is 1. The van der Waals surface area contributed by atoms with Gasteiger partial charge in [-0.05, 0) is 42.5 Å². The Morgan fingerprint density at radius 1 is 0.933 bits per heavy atom. The van der Waals surface area contributed by atoms with Crippen LogP contribution in [0.15, 0.2) is 48.5 Å². The van der Waals surface area contributed by atoms with Gasteiger partial charge in [-0.3, -0.25) is 9.59 Å². The Labute approximate surface area is 170 Å². The van der Waals surface area contributed by atoms with Crippen molar-refractivity contribution in [1.29, 1.82) is 0 Å². The minimum Gasteiger partial charge on any atom is -0.360 e. The highest BCUT2D eigenvalue weighted by molar-refractivity contribution is 6.21. The standard InChI is InChI=1S/C21H19F4N3O2/c22-15-4-6-16(7-5-15)26-8-10-27(11-9-26)18-13-19(29)28(20(18)30)17-3-1-2-14(12-17)21(23,24)25/h1-7,12,18H,8-11,13H2/p+1/t18-/m1/s1. The van der Waals surface area contributed by atoms with Gasteiger partial charge in [0.05, 0.1) is 43.9 Å². The third kappa shape index (κ3) is 3.89. The summed E-state index contributed by atoms with van der Waals surface area (Å²) in [5.41, 5.74) is -0.0640. The van der Waals surface area contributed by atoms with Gasteiger partial charge in [0, 0.05) is 5.69 Å². The number of carbonyl (C=O) groups excluding carboxylic acids is 2. The highest BCUT2D eigenvalue weighted by Gasteiger charge is 2.46. The van der Waals surface area contributed by atoms with E-state index < -0.39 is 29.6 Å². The van der Waals surface area contributed by atoms with Crippen molar-refractivity contribution in [3.63, 3.8) is 0 Å². The number of halogens is 4. The number of carbonyl (C=O) groups is 2. The van der Waals surface area contributed by atoms with Crippen LogP contribution in [0.1, 0.15) is 12.0 Å². The van der Waals surface area contributed by atoms with Crippen molar-refractivity contribution in [3.05, 3.63) is 59.9 Å². The predicted molar refractivity (Wildman–Crippen MR) is 102 cm³/mol. The molecule has 0 radical (unpaired) electrons. The van der Waals surface area contributed by atoms with Crippen molar-refractivity contribution >= 4 is 23.2 Å². The van der Waals surface area contributed by atoms with Gasteiger partial charge >= 0.3 is 6.18 Å². The number of nitrogens with zero attached hydrogens (tertiary/aromatic N) is 2. The molecule has 1 atom stereocenters. The van der Waals surface area contributed by atoms with E-state index in [0.717, 1.165) is 27.6 Å². The van der Waals surface area contributed by atoms with Crippen molar-refractivity contribution in [2.24, 2.45) is 0 Å². The van der Waals surface area contributed by atoms with Gasteiger partial charge in [-0.25, -0.2) is 9.29 Å². The van der Waals surface area contributed by atoms with Crippen LogP contribution in [0.2, 0.25) is 0 Å². The van der Waals surface area contributed by atoms with Crippen LogP contribution in [-0.4, -0.2) is 44.0 Å². The number of imide groups is 1. The zero-order chi connectivity index (χ0) is 21.5. The third-order valence-corrected chi connectivity index (χ3v) is 5.67. The number of hydrogen-bond acceptors (Lipinski definition) is 3. The summed E-state index contributed by atoms with van der Waals surface area (Å²) >= 11 is 0. The molecule has 2 heterocycles. The fourth-order valence-electron chi connectivity index (χ4n) is 4.10. The van der Waals surface area contributed by atoms with E-state index in [9.17, 15) is 27.2 Å². The van der Waals surface area contributed by atoms with Crippen LogP contribution >= 0.6 is 0 Å². The first kappa shape index (κ1) is 20.3. The lowest BCUT2D eigenvalue weighted by atomic mass is 10.1. The van der Waals surface area contributed by atoms with Crippen LogP contribution in [-0.2, 0) is 15.8 Å². The fraction of sp³-hybridized carbons (Fsp3) is 0.333. The molecule has 2 aromatic carbocycles. The Hall–Kier alpha value is -2.94. The average molecular weight is 422 g/mol. The number of alkyl halides is 3. The first-order valence-electron chi connectivity index (χ1n) is 9.63. The van der Waals surface area contributed by atoms with Gasteiger partial charge in [-0.1, -0.05) is 6.07 Å². The second kappa shape index (κ2) is 7.71. The molecule has 158 valence electrons. The topological polar surface area (TPSA) is 45.1 Å². The first-order valence-corrected chi connectivity index (χ1v) is 9.63. The number of piperazine rings is 1. The van der Waals surface area contributed by atoms with Crippen molar-refractivity contribution < 1.29 is 32.1 Å². The van der Waals surface area contributed by atoms with E-state index >= 15 is 0 Å². The molecule has 2 aliphatic heterocycles. The quantitative estimate of drug-likeness (QED) is 0.607. The van der Waals surface area contributed by atoms with Gasteiger partial charge in [0.2, 0.25) is 5.91 Å². The smallest absolute Gasteiger partial charge is 0.360 e. The van der Waals surface area contributed by atoms with E-state index in [1.165, 1.54) is 24.3 Å². The van der Waals surface area contributed by atoms with Gasteiger partial charge in [0.25, 0.3) is 5.91 Å².